The molecule has 2 aliphatic heterocycles. The fourth-order valence-corrected chi connectivity index (χ4v) is 5.59. The number of alkyl carbamates (subject to hydrolysis) is 1. The van der Waals surface area contributed by atoms with Gasteiger partial charge in [0.2, 0.25) is 0 Å². The summed E-state index contributed by atoms with van der Waals surface area (Å²) < 4.78 is 30.6. The molecule has 3 rings (SSSR count). The number of hydrogen-bond donors (Lipinski definition) is 2. The number of likely N-dealkylation sites (tertiary alicyclic amines) is 1. The van der Waals surface area contributed by atoms with E-state index in [0.717, 1.165) is 58.2 Å². The number of methoxy groups -OCH3 is 1. The molecular formula is C27H41ClFN3O5. The predicted octanol–water partition coefficient (Wildman–Crippen LogP) is 5.30. The fourth-order valence-electron chi connectivity index (χ4n) is 5.36. The van der Waals surface area contributed by atoms with E-state index in [1.807, 2.05) is 4.90 Å². The van der Waals surface area contributed by atoms with Gasteiger partial charge >= 0.3 is 12.1 Å². The number of hydrogen-bond acceptors (Lipinski definition) is 5. The molecule has 1 aromatic rings. The van der Waals surface area contributed by atoms with Gasteiger partial charge in [0.25, 0.3) is 0 Å². The van der Waals surface area contributed by atoms with Gasteiger partial charge in [-0.15, -0.1) is 0 Å². The van der Waals surface area contributed by atoms with Crippen LogP contribution in [0.2, 0.25) is 5.02 Å². The lowest BCUT2D eigenvalue weighted by molar-refractivity contribution is -0.00891. The van der Waals surface area contributed by atoms with Crippen LogP contribution in [0.15, 0.2) is 18.2 Å². The molecule has 0 aromatic heterocycles. The molecule has 4 atom stereocenters. The number of halogens is 2. The Labute approximate surface area is 224 Å². The average molecular weight is 542 g/mol. The Morgan fingerprint density at radius 3 is 2.81 bits per heavy atom. The van der Waals surface area contributed by atoms with Crippen molar-refractivity contribution in [1.29, 1.82) is 0 Å². The maximum atomic E-state index is 14.2. The Bertz CT molecular complexity index is 850. The third-order valence-electron chi connectivity index (χ3n) is 7.08. The zero-order chi connectivity index (χ0) is 26.6. The average Bonchev–Trinajstić information content (AvgIpc) is 2.88. The van der Waals surface area contributed by atoms with Crippen LogP contribution in [0.25, 0.3) is 0 Å². The third-order valence-corrected chi connectivity index (χ3v) is 7.30. The molecule has 0 saturated carbocycles. The molecule has 0 radical (unpaired) electrons. The molecule has 208 valence electrons. The van der Waals surface area contributed by atoms with Gasteiger partial charge in [-0.05, 0) is 68.2 Å². The number of carbonyl (C=O) groups excluding carboxylic acids is 2. The minimum Gasteiger partial charge on any atom is -0.453 e. The van der Waals surface area contributed by atoms with Crippen LogP contribution in [-0.4, -0.2) is 69.6 Å². The van der Waals surface area contributed by atoms with Gasteiger partial charge in [-0.1, -0.05) is 24.9 Å². The normalized spacial score (nSPS) is 21.7. The molecule has 2 aliphatic rings. The summed E-state index contributed by atoms with van der Waals surface area (Å²) in [4.78, 5) is 26.5. The van der Waals surface area contributed by atoms with E-state index < -0.39 is 18.0 Å². The summed E-state index contributed by atoms with van der Waals surface area (Å²) in [5.41, 5.74) is 0.622. The van der Waals surface area contributed by atoms with Crippen molar-refractivity contribution in [2.45, 2.75) is 64.0 Å². The molecule has 0 bridgehead atoms. The van der Waals surface area contributed by atoms with E-state index in [2.05, 4.69) is 22.3 Å². The minimum absolute atomic E-state index is 0.0492. The Kier molecular flexibility index (Phi) is 12.2. The minimum atomic E-state index is -0.545. The highest BCUT2D eigenvalue weighted by Gasteiger charge is 2.32. The van der Waals surface area contributed by atoms with Crippen LogP contribution in [0.3, 0.4) is 0 Å². The first-order valence-electron chi connectivity index (χ1n) is 13.4. The van der Waals surface area contributed by atoms with Crippen molar-refractivity contribution in [2.24, 2.45) is 11.8 Å². The first kappa shape index (κ1) is 29.5. The summed E-state index contributed by atoms with van der Waals surface area (Å²) in [6.07, 6.45) is 5.69. The fraction of sp³-hybridized carbons (Fsp3) is 0.704. The Morgan fingerprint density at radius 1 is 1.27 bits per heavy atom. The number of urea groups is 1. The molecule has 0 spiro atoms. The second kappa shape index (κ2) is 15.3. The number of amides is 3. The smallest absolute Gasteiger partial charge is 0.406 e. The van der Waals surface area contributed by atoms with Gasteiger partial charge in [0.1, 0.15) is 5.82 Å². The monoisotopic (exact) mass is 541 g/mol. The van der Waals surface area contributed by atoms with Crippen molar-refractivity contribution >= 4 is 23.7 Å². The standard InChI is InChI=1S/C27H41ClFN3O5/c1-3-6-24(13-19-7-5-11-36-18-19)31-26(33)32-10-4-8-20(17-32)25(37-12-9-30-27(34)35-2)21-14-22(28)16-23(29)15-21/h14-16,19-20,24-25H,3-13,17-18H2,1-2H3,(H,30,34)(H,31,33)/t19-,20-,24-,25-/m1/s1. The molecule has 2 fully saturated rings. The number of benzene rings is 1. The van der Waals surface area contributed by atoms with Gasteiger partial charge in [-0.25, -0.2) is 14.0 Å². The second-order valence-corrected chi connectivity index (χ2v) is 10.5. The lowest BCUT2D eigenvalue weighted by Gasteiger charge is -2.38. The zero-order valence-electron chi connectivity index (χ0n) is 22.0. The van der Waals surface area contributed by atoms with E-state index in [0.29, 0.717) is 24.6 Å². The highest BCUT2D eigenvalue weighted by atomic mass is 35.5. The van der Waals surface area contributed by atoms with E-state index in [9.17, 15) is 14.0 Å². The largest absolute Gasteiger partial charge is 0.453 e. The first-order valence-corrected chi connectivity index (χ1v) is 13.8. The Morgan fingerprint density at radius 2 is 2.11 bits per heavy atom. The Hall–Kier alpha value is -2.10. The van der Waals surface area contributed by atoms with Crippen LogP contribution in [0.4, 0.5) is 14.0 Å². The van der Waals surface area contributed by atoms with Crippen molar-refractivity contribution in [3.63, 3.8) is 0 Å². The van der Waals surface area contributed by atoms with Crippen LogP contribution in [0.1, 0.15) is 63.5 Å². The lowest BCUT2D eigenvalue weighted by Crippen LogP contribution is -2.50. The van der Waals surface area contributed by atoms with Crippen LogP contribution in [-0.2, 0) is 14.2 Å². The van der Waals surface area contributed by atoms with E-state index in [1.165, 1.54) is 19.2 Å². The van der Waals surface area contributed by atoms with Crippen molar-refractivity contribution in [1.82, 2.24) is 15.5 Å². The molecular weight excluding hydrogens is 501 g/mol. The molecule has 0 unspecified atom stereocenters. The number of ether oxygens (including phenoxy) is 3. The van der Waals surface area contributed by atoms with Gasteiger partial charge in [0, 0.05) is 49.8 Å². The van der Waals surface area contributed by atoms with Gasteiger partial charge < -0.3 is 29.7 Å². The van der Waals surface area contributed by atoms with Gasteiger partial charge in [0.15, 0.2) is 0 Å². The van der Waals surface area contributed by atoms with Gasteiger partial charge in [0.05, 0.1) is 19.8 Å². The molecule has 3 amide bonds. The summed E-state index contributed by atoms with van der Waals surface area (Å²) in [6, 6.07) is 4.43. The van der Waals surface area contributed by atoms with Crippen molar-refractivity contribution in [3.05, 3.63) is 34.6 Å². The summed E-state index contributed by atoms with van der Waals surface area (Å²) in [7, 11) is 1.30. The van der Waals surface area contributed by atoms with Crippen molar-refractivity contribution in [2.75, 3.05) is 46.6 Å². The number of rotatable bonds is 11. The maximum absolute atomic E-state index is 14.2. The summed E-state index contributed by atoms with van der Waals surface area (Å²) in [5.74, 6) is -0.0102. The number of nitrogens with one attached hydrogen (secondary N) is 2. The third kappa shape index (κ3) is 9.61. The number of nitrogens with zero attached hydrogens (tertiary/aromatic N) is 1. The number of piperidine rings is 1. The molecule has 2 saturated heterocycles. The highest BCUT2D eigenvalue weighted by molar-refractivity contribution is 6.30. The van der Waals surface area contributed by atoms with Crippen LogP contribution < -0.4 is 10.6 Å². The van der Waals surface area contributed by atoms with Crippen molar-refractivity contribution in [3.8, 4) is 0 Å². The topological polar surface area (TPSA) is 89.1 Å². The van der Waals surface area contributed by atoms with E-state index in [1.54, 1.807) is 6.07 Å². The molecule has 0 aliphatic carbocycles. The molecule has 37 heavy (non-hydrogen) atoms. The maximum Gasteiger partial charge on any atom is 0.406 e. The highest BCUT2D eigenvalue weighted by Crippen LogP contribution is 2.34. The van der Waals surface area contributed by atoms with E-state index in [4.69, 9.17) is 21.1 Å². The van der Waals surface area contributed by atoms with Gasteiger partial charge in [-0.2, -0.15) is 0 Å². The van der Waals surface area contributed by atoms with Crippen LogP contribution in [0.5, 0.6) is 0 Å². The van der Waals surface area contributed by atoms with E-state index >= 15 is 0 Å². The van der Waals surface area contributed by atoms with Crippen molar-refractivity contribution < 1.29 is 28.2 Å². The first-order chi connectivity index (χ1) is 17.9. The van der Waals surface area contributed by atoms with E-state index in [-0.39, 0.29) is 36.2 Å². The Balaban J connectivity index is 1.65. The summed E-state index contributed by atoms with van der Waals surface area (Å²) in [6.45, 7) is 5.32. The molecule has 10 heteroatoms. The zero-order valence-corrected chi connectivity index (χ0v) is 22.7. The SMILES string of the molecule is CCC[C@H](C[C@H]1CCCOC1)NC(=O)N1CCC[C@@H]([C@@H](OCCNC(=O)OC)c2cc(F)cc(Cl)c2)C1. The molecule has 8 nitrogen and oxygen atoms in total. The predicted molar refractivity (Wildman–Crippen MR) is 140 cm³/mol. The second-order valence-electron chi connectivity index (χ2n) is 10.0. The van der Waals surface area contributed by atoms with Crippen LogP contribution in [0, 0.1) is 17.7 Å². The summed E-state index contributed by atoms with van der Waals surface area (Å²) >= 11 is 6.15. The molecule has 2 N–H and O–H groups in total. The lowest BCUT2D eigenvalue weighted by atomic mass is 9.88. The quantitative estimate of drug-likeness (QED) is 0.371. The molecule has 2 heterocycles. The van der Waals surface area contributed by atoms with Crippen LogP contribution >= 0.6 is 11.6 Å². The number of carbonyl (C=O) groups is 2. The summed E-state index contributed by atoms with van der Waals surface area (Å²) in [5, 5.41) is 6.15. The molecule has 1 aromatic carbocycles. The van der Waals surface area contributed by atoms with Gasteiger partial charge in [-0.3, -0.25) is 0 Å².